The highest BCUT2D eigenvalue weighted by molar-refractivity contribution is 7.99. The molecule has 0 unspecified atom stereocenters. The zero-order chi connectivity index (χ0) is 16.9. The van der Waals surface area contributed by atoms with Crippen LogP contribution >= 0.6 is 23.4 Å². The number of hydrogen-bond donors (Lipinski definition) is 1. The molecule has 0 aliphatic heterocycles. The number of halogens is 2. The topological polar surface area (TPSA) is 54.9 Å². The first-order valence-electron chi connectivity index (χ1n) is 7.20. The first kappa shape index (κ1) is 16.7. The number of aromatic nitrogens is 2. The van der Waals surface area contributed by atoms with Gasteiger partial charge < -0.3 is 5.32 Å². The van der Waals surface area contributed by atoms with Crippen molar-refractivity contribution in [2.45, 2.75) is 4.90 Å². The Hall–Kier alpha value is -2.18. The van der Waals surface area contributed by atoms with Crippen molar-refractivity contribution in [2.75, 3.05) is 12.3 Å². The molecule has 0 saturated carbocycles. The first-order valence-corrected chi connectivity index (χ1v) is 8.57. The Kier molecular flexibility index (Phi) is 5.27. The average Bonchev–Trinajstić information content (AvgIpc) is 2.59. The molecule has 1 aromatic heterocycles. The van der Waals surface area contributed by atoms with Crippen molar-refractivity contribution in [3.05, 3.63) is 65.2 Å². The van der Waals surface area contributed by atoms with Crippen LogP contribution in [0.4, 0.5) is 4.39 Å². The molecule has 0 aliphatic rings. The lowest BCUT2D eigenvalue weighted by Crippen LogP contribution is -2.26. The Morgan fingerprint density at radius 1 is 1.17 bits per heavy atom. The van der Waals surface area contributed by atoms with E-state index in [2.05, 4.69) is 15.3 Å². The maximum Gasteiger partial charge on any atom is 0.253 e. The minimum absolute atomic E-state index is 0.189. The second-order valence-electron chi connectivity index (χ2n) is 4.94. The Bertz CT molecular complexity index is 873. The van der Waals surface area contributed by atoms with Gasteiger partial charge in [0.05, 0.1) is 11.1 Å². The quantitative estimate of drug-likeness (QED) is 0.552. The van der Waals surface area contributed by atoms with E-state index in [0.29, 0.717) is 28.4 Å². The van der Waals surface area contributed by atoms with Crippen LogP contribution in [0.15, 0.2) is 53.7 Å². The number of rotatable bonds is 5. The van der Waals surface area contributed by atoms with Crippen molar-refractivity contribution in [1.29, 1.82) is 0 Å². The maximum atomic E-state index is 13.6. The number of amides is 1. The molecular formula is C17H13ClFN3OS. The number of benzene rings is 2. The zero-order valence-corrected chi connectivity index (χ0v) is 14.1. The molecule has 3 aromatic rings. The molecule has 0 bridgehead atoms. The van der Waals surface area contributed by atoms with E-state index in [-0.39, 0.29) is 11.5 Å². The Morgan fingerprint density at radius 2 is 1.92 bits per heavy atom. The maximum absolute atomic E-state index is 13.6. The van der Waals surface area contributed by atoms with Gasteiger partial charge in [0, 0.05) is 40.7 Å². The molecule has 4 nitrogen and oxygen atoms in total. The number of nitrogens with one attached hydrogen (secondary N) is 1. The van der Waals surface area contributed by atoms with Gasteiger partial charge in [0.1, 0.15) is 11.3 Å². The van der Waals surface area contributed by atoms with Gasteiger partial charge in [-0.15, -0.1) is 11.8 Å². The van der Waals surface area contributed by atoms with E-state index in [1.807, 2.05) is 24.3 Å². The van der Waals surface area contributed by atoms with Crippen LogP contribution in [0.25, 0.3) is 11.0 Å². The van der Waals surface area contributed by atoms with Crippen LogP contribution in [-0.4, -0.2) is 28.2 Å². The van der Waals surface area contributed by atoms with E-state index in [1.54, 1.807) is 11.8 Å². The van der Waals surface area contributed by atoms with Crippen LogP contribution < -0.4 is 5.32 Å². The summed E-state index contributed by atoms with van der Waals surface area (Å²) in [5.74, 6) is -0.188. The number of nitrogens with zero attached hydrogens (tertiary/aromatic N) is 2. The number of carbonyl (C=O) groups excluding carboxylic acids is 1. The molecule has 1 heterocycles. The third kappa shape index (κ3) is 4.01. The summed E-state index contributed by atoms with van der Waals surface area (Å²) in [6.07, 6.45) is 2.94. The summed E-state index contributed by atoms with van der Waals surface area (Å²) in [5, 5.41) is 3.47. The summed E-state index contributed by atoms with van der Waals surface area (Å²) in [4.78, 5) is 21.5. The van der Waals surface area contributed by atoms with Gasteiger partial charge in [0.15, 0.2) is 0 Å². The van der Waals surface area contributed by atoms with Crippen LogP contribution in [0.2, 0.25) is 5.02 Å². The van der Waals surface area contributed by atoms with Gasteiger partial charge in [0.2, 0.25) is 0 Å². The molecule has 0 radical (unpaired) electrons. The fourth-order valence-corrected chi connectivity index (χ4v) is 3.07. The van der Waals surface area contributed by atoms with Gasteiger partial charge in [-0.1, -0.05) is 11.6 Å². The highest BCUT2D eigenvalue weighted by Gasteiger charge is 2.13. The summed E-state index contributed by atoms with van der Waals surface area (Å²) >= 11 is 7.43. The fourth-order valence-electron chi connectivity index (χ4n) is 2.17. The summed E-state index contributed by atoms with van der Waals surface area (Å²) < 4.78 is 13.6. The molecule has 1 amide bonds. The normalized spacial score (nSPS) is 10.8. The van der Waals surface area contributed by atoms with Gasteiger partial charge in [0.25, 0.3) is 5.91 Å². The highest BCUT2D eigenvalue weighted by atomic mass is 35.5. The SMILES string of the molecule is O=C(NCCSc1ccc(Cl)cc1)c1cc(F)cc2nccnc12. The summed E-state index contributed by atoms with van der Waals surface area (Å²) in [7, 11) is 0. The lowest BCUT2D eigenvalue weighted by molar-refractivity contribution is 0.0957. The van der Waals surface area contributed by atoms with Gasteiger partial charge in [-0.2, -0.15) is 0 Å². The molecule has 7 heteroatoms. The summed E-state index contributed by atoms with van der Waals surface area (Å²) in [6, 6.07) is 9.92. The molecule has 122 valence electrons. The number of carbonyl (C=O) groups is 1. The molecule has 24 heavy (non-hydrogen) atoms. The molecule has 0 spiro atoms. The van der Waals surface area contributed by atoms with Crippen LogP contribution in [0.5, 0.6) is 0 Å². The van der Waals surface area contributed by atoms with E-state index in [0.717, 1.165) is 4.90 Å². The van der Waals surface area contributed by atoms with Crippen LogP contribution in [-0.2, 0) is 0 Å². The molecule has 0 atom stereocenters. The van der Waals surface area contributed by atoms with Gasteiger partial charge >= 0.3 is 0 Å². The second kappa shape index (κ2) is 7.59. The zero-order valence-electron chi connectivity index (χ0n) is 12.5. The van der Waals surface area contributed by atoms with Crippen LogP contribution in [0.1, 0.15) is 10.4 Å². The monoisotopic (exact) mass is 361 g/mol. The summed E-state index contributed by atoms with van der Waals surface area (Å²) in [6.45, 7) is 0.449. The lowest BCUT2D eigenvalue weighted by Gasteiger charge is -2.07. The molecular weight excluding hydrogens is 349 g/mol. The number of thioether (sulfide) groups is 1. The van der Waals surface area contributed by atoms with Crippen molar-refractivity contribution in [3.63, 3.8) is 0 Å². The predicted molar refractivity (Wildman–Crippen MR) is 94.0 cm³/mol. The lowest BCUT2D eigenvalue weighted by atomic mass is 10.1. The van der Waals surface area contributed by atoms with Crippen molar-refractivity contribution in [1.82, 2.24) is 15.3 Å². The van der Waals surface area contributed by atoms with Crippen molar-refractivity contribution < 1.29 is 9.18 Å². The van der Waals surface area contributed by atoms with Crippen molar-refractivity contribution in [2.24, 2.45) is 0 Å². The predicted octanol–water partition coefficient (Wildman–Crippen LogP) is 3.94. The minimum atomic E-state index is -0.510. The second-order valence-corrected chi connectivity index (χ2v) is 6.54. The molecule has 1 N–H and O–H groups in total. The van der Waals surface area contributed by atoms with E-state index in [9.17, 15) is 9.18 Å². The van der Waals surface area contributed by atoms with Gasteiger partial charge in [-0.25, -0.2) is 4.39 Å². The van der Waals surface area contributed by atoms with E-state index in [4.69, 9.17) is 11.6 Å². The first-order chi connectivity index (χ1) is 11.6. The molecule has 0 saturated heterocycles. The van der Waals surface area contributed by atoms with E-state index in [1.165, 1.54) is 24.5 Å². The minimum Gasteiger partial charge on any atom is -0.351 e. The fraction of sp³-hybridized carbons (Fsp3) is 0.118. The Labute approximate surface area is 147 Å². The van der Waals surface area contributed by atoms with Crippen molar-refractivity contribution >= 4 is 40.3 Å². The van der Waals surface area contributed by atoms with Crippen LogP contribution in [0.3, 0.4) is 0 Å². The van der Waals surface area contributed by atoms with E-state index >= 15 is 0 Å². The molecule has 0 aliphatic carbocycles. The number of fused-ring (bicyclic) bond motifs is 1. The number of hydrogen-bond acceptors (Lipinski definition) is 4. The van der Waals surface area contributed by atoms with Crippen molar-refractivity contribution in [3.8, 4) is 0 Å². The smallest absolute Gasteiger partial charge is 0.253 e. The van der Waals surface area contributed by atoms with E-state index < -0.39 is 5.82 Å². The largest absolute Gasteiger partial charge is 0.351 e. The Balaban J connectivity index is 1.62. The van der Waals surface area contributed by atoms with Gasteiger partial charge in [-0.3, -0.25) is 14.8 Å². The average molecular weight is 362 g/mol. The molecule has 0 fully saturated rings. The third-order valence-corrected chi connectivity index (χ3v) is 4.52. The Morgan fingerprint density at radius 3 is 2.71 bits per heavy atom. The highest BCUT2D eigenvalue weighted by Crippen LogP contribution is 2.20. The molecule has 3 rings (SSSR count). The van der Waals surface area contributed by atoms with Crippen LogP contribution in [0, 0.1) is 5.82 Å². The third-order valence-electron chi connectivity index (χ3n) is 3.25. The summed E-state index contributed by atoms with van der Waals surface area (Å²) in [5.41, 5.74) is 0.939. The van der Waals surface area contributed by atoms with Gasteiger partial charge in [-0.05, 0) is 30.3 Å². The standard InChI is InChI=1S/C17H13ClFN3OS/c18-11-1-3-13(4-2-11)24-8-7-22-17(23)14-9-12(19)10-15-16(14)21-6-5-20-15/h1-6,9-10H,7-8H2,(H,22,23). The molecule has 2 aromatic carbocycles.